The van der Waals surface area contributed by atoms with Crippen molar-refractivity contribution < 1.29 is 0 Å². The quantitative estimate of drug-likeness (QED) is 0.643. The number of hydrogen-bond acceptors (Lipinski definition) is 1. The second-order valence-electron chi connectivity index (χ2n) is 5.04. The van der Waals surface area contributed by atoms with E-state index in [1.807, 2.05) is 49.4 Å². The molecule has 0 aliphatic rings. The highest BCUT2D eigenvalue weighted by Crippen LogP contribution is 2.22. The lowest BCUT2D eigenvalue weighted by Gasteiger charge is -2.12. The van der Waals surface area contributed by atoms with E-state index in [4.69, 9.17) is 11.6 Å². The molecule has 0 aliphatic heterocycles. The average Bonchev–Trinajstić information content (AvgIpc) is 2.46. The molecule has 0 bridgehead atoms. The minimum atomic E-state index is 0.0114. The minimum absolute atomic E-state index is 0.0114. The number of pyridine rings is 1. The standard InChI is InChI=1S/C17H13BrClNO/c1-11-8-17(21)20(10-12-2-5-14(19)6-3-12)16-7-4-13(18)9-15(11)16/h2-9H,10H2,1H3. The highest BCUT2D eigenvalue weighted by Gasteiger charge is 2.07. The topological polar surface area (TPSA) is 22.0 Å². The molecule has 3 aromatic rings. The molecule has 0 aliphatic carbocycles. The van der Waals surface area contributed by atoms with Crippen LogP contribution in [0.4, 0.5) is 0 Å². The molecule has 0 saturated heterocycles. The zero-order chi connectivity index (χ0) is 15.0. The van der Waals surface area contributed by atoms with E-state index in [1.165, 1.54) is 0 Å². The summed E-state index contributed by atoms with van der Waals surface area (Å²) < 4.78 is 2.80. The summed E-state index contributed by atoms with van der Waals surface area (Å²) >= 11 is 9.39. The third-order valence-corrected chi connectivity index (χ3v) is 4.28. The SMILES string of the molecule is Cc1cc(=O)n(Cc2ccc(Cl)cc2)c2ccc(Br)cc12. The Balaban J connectivity index is 2.17. The first-order valence-electron chi connectivity index (χ1n) is 6.59. The van der Waals surface area contributed by atoms with Crippen LogP contribution in [0.5, 0.6) is 0 Å². The van der Waals surface area contributed by atoms with Crippen LogP contribution in [0, 0.1) is 6.92 Å². The number of hydrogen-bond donors (Lipinski definition) is 0. The Bertz CT molecular complexity index is 868. The lowest BCUT2D eigenvalue weighted by atomic mass is 10.1. The van der Waals surface area contributed by atoms with Gasteiger partial charge in [0, 0.05) is 20.9 Å². The van der Waals surface area contributed by atoms with Crippen LogP contribution < -0.4 is 5.56 Å². The van der Waals surface area contributed by atoms with Gasteiger partial charge >= 0.3 is 0 Å². The summed E-state index contributed by atoms with van der Waals surface area (Å²) in [4.78, 5) is 12.3. The molecule has 0 unspecified atom stereocenters. The lowest BCUT2D eigenvalue weighted by molar-refractivity contribution is 0.793. The van der Waals surface area contributed by atoms with E-state index in [1.54, 1.807) is 10.6 Å². The number of aryl methyl sites for hydroxylation is 1. The summed E-state index contributed by atoms with van der Waals surface area (Å²) in [6.07, 6.45) is 0. The predicted octanol–water partition coefficient (Wildman–Crippen LogP) is 4.77. The lowest BCUT2D eigenvalue weighted by Crippen LogP contribution is -2.20. The van der Waals surface area contributed by atoms with Gasteiger partial charge in [-0.3, -0.25) is 4.79 Å². The highest BCUT2D eigenvalue weighted by molar-refractivity contribution is 9.10. The van der Waals surface area contributed by atoms with Crippen LogP contribution in [-0.2, 0) is 6.54 Å². The number of aromatic nitrogens is 1. The fraction of sp³-hybridized carbons (Fsp3) is 0.118. The van der Waals surface area contributed by atoms with E-state index in [0.717, 1.165) is 26.5 Å². The Kier molecular flexibility index (Phi) is 3.87. The van der Waals surface area contributed by atoms with Gasteiger partial charge in [0.25, 0.3) is 5.56 Å². The molecular weight excluding hydrogens is 350 g/mol. The third-order valence-electron chi connectivity index (χ3n) is 3.53. The summed E-state index contributed by atoms with van der Waals surface area (Å²) in [5.41, 5.74) is 2.99. The highest BCUT2D eigenvalue weighted by atomic mass is 79.9. The van der Waals surface area contributed by atoms with E-state index < -0.39 is 0 Å². The largest absolute Gasteiger partial charge is 0.304 e. The summed E-state index contributed by atoms with van der Waals surface area (Å²) in [5, 5.41) is 1.78. The maximum absolute atomic E-state index is 12.3. The fourth-order valence-corrected chi connectivity index (χ4v) is 2.94. The van der Waals surface area contributed by atoms with Crippen LogP contribution in [0.3, 0.4) is 0 Å². The summed E-state index contributed by atoms with van der Waals surface area (Å²) in [6, 6.07) is 15.2. The molecule has 0 N–H and O–H groups in total. The van der Waals surface area contributed by atoms with Crippen molar-refractivity contribution in [3.8, 4) is 0 Å². The zero-order valence-corrected chi connectivity index (χ0v) is 13.8. The van der Waals surface area contributed by atoms with Crippen LogP contribution in [0.25, 0.3) is 10.9 Å². The number of nitrogens with zero attached hydrogens (tertiary/aromatic N) is 1. The van der Waals surface area contributed by atoms with Gasteiger partial charge in [0.2, 0.25) is 0 Å². The smallest absolute Gasteiger partial charge is 0.251 e. The first-order chi connectivity index (χ1) is 10.0. The van der Waals surface area contributed by atoms with Crippen molar-refractivity contribution in [2.75, 3.05) is 0 Å². The van der Waals surface area contributed by atoms with Crippen molar-refractivity contribution in [1.29, 1.82) is 0 Å². The van der Waals surface area contributed by atoms with E-state index in [9.17, 15) is 4.79 Å². The molecule has 1 heterocycles. The van der Waals surface area contributed by atoms with Crippen molar-refractivity contribution in [2.24, 2.45) is 0 Å². The van der Waals surface area contributed by atoms with Crippen molar-refractivity contribution in [1.82, 2.24) is 4.57 Å². The minimum Gasteiger partial charge on any atom is -0.304 e. The Morgan fingerprint density at radius 2 is 1.81 bits per heavy atom. The van der Waals surface area contributed by atoms with E-state index in [0.29, 0.717) is 11.6 Å². The van der Waals surface area contributed by atoms with Crippen molar-refractivity contribution in [3.05, 3.63) is 79.5 Å². The Hall–Kier alpha value is -1.58. The average molecular weight is 363 g/mol. The van der Waals surface area contributed by atoms with Gasteiger partial charge in [0.05, 0.1) is 12.1 Å². The van der Waals surface area contributed by atoms with Crippen molar-refractivity contribution in [2.45, 2.75) is 13.5 Å². The molecule has 2 aromatic carbocycles. The second kappa shape index (κ2) is 5.66. The van der Waals surface area contributed by atoms with Gasteiger partial charge in [0.15, 0.2) is 0 Å². The van der Waals surface area contributed by atoms with Gasteiger partial charge in [-0.25, -0.2) is 0 Å². The summed E-state index contributed by atoms with van der Waals surface area (Å²) in [5.74, 6) is 0. The van der Waals surface area contributed by atoms with E-state index >= 15 is 0 Å². The molecule has 2 nitrogen and oxygen atoms in total. The molecule has 0 spiro atoms. The Morgan fingerprint density at radius 3 is 2.52 bits per heavy atom. The maximum atomic E-state index is 12.3. The molecule has 0 atom stereocenters. The number of halogens is 2. The molecule has 4 heteroatoms. The molecule has 3 rings (SSSR count). The molecule has 0 radical (unpaired) electrons. The molecule has 0 saturated carbocycles. The number of rotatable bonds is 2. The molecule has 0 fully saturated rings. The molecular formula is C17H13BrClNO. The zero-order valence-electron chi connectivity index (χ0n) is 11.4. The third kappa shape index (κ3) is 2.89. The summed E-state index contributed by atoms with van der Waals surface area (Å²) in [7, 11) is 0. The van der Waals surface area contributed by atoms with Gasteiger partial charge in [0.1, 0.15) is 0 Å². The van der Waals surface area contributed by atoms with Gasteiger partial charge in [-0.1, -0.05) is 39.7 Å². The monoisotopic (exact) mass is 361 g/mol. The molecule has 21 heavy (non-hydrogen) atoms. The van der Waals surface area contributed by atoms with Crippen molar-refractivity contribution in [3.63, 3.8) is 0 Å². The first kappa shape index (κ1) is 14.4. The second-order valence-corrected chi connectivity index (χ2v) is 6.39. The van der Waals surface area contributed by atoms with E-state index in [-0.39, 0.29) is 5.56 Å². The number of fused-ring (bicyclic) bond motifs is 1. The summed E-state index contributed by atoms with van der Waals surface area (Å²) in [6.45, 7) is 2.50. The van der Waals surface area contributed by atoms with E-state index in [2.05, 4.69) is 15.9 Å². The molecule has 0 amide bonds. The van der Waals surface area contributed by atoms with Crippen LogP contribution in [-0.4, -0.2) is 4.57 Å². The van der Waals surface area contributed by atoms with Gasteiger partial charge in [-0.05, 0) is 48.4 Å². The van der Waals surface area contributed by atoms with Gasteiger partial charge in [-0.2, -0.15) is 0 Å². The first-order valence-corrected chi connectivity index (χ1v) is 7.76. The van der Waals surface area contributed by atoms with Gasteiger partial charge in [-0.15, -0.1) is 0 Å². The normalized spacial score (nSPS) is 11.0. The fourth-order valence-electron chi connectivity index (χ4n) is 2.45. The number of benzene rings is 2. The Labute approximate surface area is 136 Å². The van der Waals surface area contributed by atoms with Crippen molar-refractivity contribution >= 4 is 38.4 Å². The van der Waals surface area contributed by atoms with Crippen LogP contribution in [0.15, 0.2) is 57.8 Å². The van der Waals surface area contributed by atoms with Gasteiger partial charge < -0.3 is 4.57 Å². The van der Waals surface area contributed by atoms with Crippen LogP contribution in [0.2, 0.25) is 5.02 Å². The molecule has 1 aromatic heterocycles. The molecule has 106 valence electrons. The van der Waals surface area contributed by atoms with Crippen LogP contribution >= 0.6 is 27.5 Å². The maximum Gasteiger partial charge on any atom is 0.251 e. The Morgan fingerprint density at radius 1 is 1.10 bits per heavy atom. The predicted molar refractivity (Wildman–Crippen MR) is 91.2 cm³/mol. The van der Waals surface area contributed by atoms with Crippen LogP contribution in [0.1, 0.15) is 11.1 Å².